The maximum absolute atomic E-state index is 6.83. The Hall–Kier alpha value is -0.566. The van der Waals surface area contributed by atoms with Gasteiger partial charge in [0.2, 0.25) is 0 Å². The average Bonchev–Trinajstić information content (AvgIpc) is 2.40. The van der Waals surface area contributed by atoms with E-state index in [1.165, 1.54) is 5.57 Å². The first-order valence-electron chi connectivity index (χ1n) is 9.61. The highest BCUT2D eigenvalue weighted by Crippen LogP contribution is 2.39. The van der Waals surface area contributed by atoms with Crippen molar-refractivity contribution in [3.05, 3.63) is 24.3 Å². The molecule has 0 spiro atoms. The van der Waals surface area contributed by atoms with Crippen LogP contribution in [0.2, 0.25) is 37.8 Å². The van der Waals surface area contributed by atoms with Crippen LogP contribution in [0.3, 0.4) is 0 Å². The van der Waals surface area contributed by atoms with Gasteiger partial charge in [0.1, 0.15) is 8.07 Å². The van der Waals surface area contributed by atoms with Gasteiger partial charge in [-0.05, 0) is 43.0 Å². The van der Waals surface area contributed by atoms with E-state index >= 15 is 0 Å². The van der Waals surface area contributed by atoms with E-state index in [-0.39, 0.29) is 11.1 Å². The van der Waals surface area contributed by atoms with Gasteiger partial charge in [-0.25, -0.2) is 0 Å². The van der Waals surface area contributed by atoms with E-state index in [0.717, 1.165) is 6.42 Å². The van der Waals surface area contributed by atoms with E-state index in [1.807, 2.05) is 6.08 Å². The van der Waals surface area contributed by atoms with Crippen LogP contribution >= 0.6 is 0 Å². The van der Waals surface area contributed by atoms with Gasteiger partial charge >= 0.3 is 0 Å². The summed E-state index contributed by atoms with van der Waals surface area (Å²) in [6.45, 7) is 29.1. The number of hydrogen-bond acceptors (Lipinski definition) is 1. The van der Waals surface area contributed by atoms with Gasteiger partial charge in [0.25, 0.3) is 0 Å². The molecule has 144 valence electrons. The molecular formula is C22H42OSi2. The summed E-state index contributed by atoms with van der Waals surface area (Å²) < 4.78 is 6.83. The standard InChI is InChI=1S/C22H42OSi2/c1-13-14-20(17-19(4)15-16-24(8,9)10)21(18(2)3)23-25(11,12)22(5,6)7/h13,17-18,20-21H,1,14H2,2-12H3/b19-17+/t20-,21+/m1/s1. The molecule has 0 rings (SSSR count). The third kappa shape index (κ3) is 9.08. The molecule has 0 aromatic rings. The van der Waals surface area contributed by atoms with Crippen LogP contribution in [0.1, 0.15) is 48.0 Å². The Balaban J connectivity index is 5.67. The average molecular weight is 379 g/mol. The summed E-state index contributed by atoms with van der Waals surface area (Å²) >= 11 is 0. The summed E-state index contributed by atoms with van der Waals surface area (Å²) in [5.74, 6) is 4.19. The van der Waals surface area contributed by atoms with E-state index in [0.29, 0.717) is 11.8 Å². The van der Waals surface area contributed by atoms with Gasteiger partial charge in [0.15, 0.2) is 8.32 Å². The topological polar surface area (TPSA) is 9.23 Å². The summed E-state index contributed by atoms with van der Waals surface area (Å²) in [4.78, 5) is 0. The summed E-state index contributed by atoms with van der Waals surface area (Å²) in [6, 6.07) is 0. The maximum atomic E-state index is 6.83. The van der Waals surface area contributed by atoms with Gasteiger partial charge in [0.05, 0.1) is 6.10 Å². The molecule has 0 aliphatic carbocycles. The van der Waals surface area contributed by atoms with Gasteiger partial charge < -0.3 is 4.43 Å². The lowest BCUT2D eigenvalue weighted by Gasteiger charge is -2.42. The molecule has 0 N–H and O–H groups in total. The molecule has 0 saturated carbocycles. The zero-order valence-corrected chi connectivity index (χ0v) is 20.7. The SMILES string of the molecule is C=CC[C@H](/C=C(\C)C#C[Si](C)(C)C)[C@@H](O[Si](C)(C)C(C)(C)C)C(C)C. The molecule has 25 heavy (non-hydrogen) atoms. The summed E-state index contributed by atoms with van der Waals surface area (Å²) in [7, 11) is -3.16. The molecule has 0 amide bonds. The number of allylic oxidation sites excluding steroid dienone is 2. The Morgan fingerprint density at radius 1 is 1.12 bits per heavy atom. The van der Waals surface area contributed by atoms with Crippen molar-refractivity contribution in [2.75, 3.05) is 0 Å². The van der Waals surface area contributed by atoms with Crippen LogP contribution in [-0.4, -0.2) is 22.5 Å². The minimum atomic E-state index is -1.81. The van der Waals surface area contributed by atoms with Gasteiger partial charge in [-0.3, -0.25) is 0 Å². The van der Waals surface area contributed by atoms with Gasteiger partial charge in [-0.1, -0.05) is 72.3 Å². The fraction of sp³-hybridized carbons (Fsp3) is 0.727. The first kappa shape index (κ1) is 24.4. The maximum Gasteiger partial charge on any atom is 0.192 e. The van der Waals surface area contributed by atoms with Crippen LogP contribution in [-0.2, 0) is 4.43 Å². The smallest absolute Gasteiger partial charge is 0.192 e. The third-order valence-corrected chi connectivity index (χ3v) is 10.2. The Kier molecular flexibility index (Phi) is 9.18. The fourth-order valence-corrected chi connectivity index (χ4v) is 4.43. The second kappa shape index (κ2) is 9.39. The van der Waals surface area contributed by atoms with Crippen LogP contribution in [0.25, 0.3) is 0 Å². The normalized spacial score (nSPS) is 16.2. The minimum Gasteiger partial charge on any atom is -0.413 e. The highest BCUT2D eigenvalue weighted by atomic mass is 28.4. The molecule has 0 radical (unpaired) electrons. The quantitative estimate of drug-likeness (QED) is 0.262. The van der Waals surface area contributed by atoms with Crippen molar-refractivity contribution in [3.8, 4) is 11.5 Å². The Bertz CT molecular complexity index is 519. The van der Waals surface area contributed by atoms with Crippen LogP contribution in [0.4, 0.5) is 0 Å². The Morgan fingerprint density at radius 2 is 1.64 bits per heavy atom. The van der Waals surface area contributed by atoms with Crippen molar-refractivity contribution in [3.63, 3.8) is 0 Å². The van der Waals surface area contributed by atoms with E-state index in [4.69, 9.17) is 4.43 Å². The zero-order valence-electron chi connectivity index (χ0n) is 18.7. The van der Waals surface area contributed by atoms with Crippen LogP contribution in [0.5, 0.6) is 0 Å². The van der Waals surface area contributed by atoms with Crippen molar-refractivity contribution >= 4 is 16.4 Å². The summed E-state index contributed by atoms with van der Waals surface area (Å²) in [5, 5.41) is 0.218. The number of rotatable bonds is 7. The molecular weight excluding hydrogens is 336 g/mol. The first-order valence-corrected chi connectivity index (χ1v) is 16.0. The van der Waals surface area contributed by atoms with E-state index in [1.54, 1.807) is 0 Å². The lowest BCUT2D eigenvalue weighted by molar-refractivity contribution is 0.0945. The molecule has 0 aromatic carbocycles. The van der Waals surface area contributed by atoms with Crippen molar-refractivity contribution in [1.29, 1.82) is 0 Å². The highest BCUT2D eigenvalue weighted by Gasteiger charge is 2.41. The van der Waals surface area contributed by atoms with Crippen LogP contribution in [0, 0.1) is 23.3 Å². The molecule has 0 bridgehead atoms. The molecule has 0 saturated heterocycles. The predicted molar refractivity (Wildman–Crippen MR) is 120 cm³/mol. The van der Waals surface area contributed by atoms with Crippen molar-refractivity contribution < 1.29 is 4.43 Å². The largest absolute Gasteiger partial charge is 0.413 e. The van der Waals surface area contributed by atoms with Gasteiger partial charge in [-0.15, -0.1) is 12.1 Å². The molecule has 0 unspecified atom stereocenters. The predicted octanol–water partition coefficient (Wildman–Crippen LogP) is 7.05. The minimum absolute atomic E-state index is 0.211. The van der Waals surface area contributed by atoms with E-state index < -0.39 is 16.4 Å². The zero-order chi connectivity index (χ0) is 20.1. The molecule has 0 fully saturated rings. The second-order valence-corrected chi connectivity index (χ2v) is 19.6. The van der Waals surface area contributed by atoms with E-state index in [9.17, 15) is 0 Å². The summed E-state index contributed by atoms with van der Waals surface area (Å²) in [5.41, 5.74) is 4.64. The molecule has 0 aromatic heterocycles. The van der Waals surface area contributed by atoms with Gasteiger partial charge in [0, 0.05) is 5.92 Å². The second-order valence-electron chi connectivity index (χ2n) is 10.1. The lowest BCUT2D eigenvalue weighted by Crippen LogP contribution is -2.47. The first-order chi connectivity index (χ1) is 11.1. The third-order valence-electron chi connectivity index (χ3n) is 4.85. The van der Waals surface area contributed by atoms with Crippen molar-refractivity contribution in [1.82, 2.24) is 0 Å². The molecule has 0 heterocycles. The van der Waals surface area contributed by atoms with Crippen molar-refractivity contribution in [2.45, 2.75) is 91.8 Å². The van der Waals surface area contributed by atoms with Crippen LogP contribution < -0.4 is 0 Å². The van der Waals surface area contributed by atoms with Gasteiger partial charge in [-0.2, -0.15) is 0 Å². The highest BCUT2D eigenvalue weighted by molar-refractivity contribution is 6.83. The summed E-state index contributed by atoms with van der Waals surface area (Å²) in [6.07, 6.45) is 5.49. The molecule has 3 heteroatoms. The van der Waals surface area contributed by atoms with E-state index in [2.05, 4.69) is 98.4 Å². The Morgan fingerprint density at radius 3 is 2.00 bits per heavy atom. The molecule has 2 atom stereocenters. The molecule has 0 aliphatic rings. The fourth-order valence-electron chi connectivity index (χ4n) is 2.37. The molecule has 0 aliphatic heterocycles. The lowest BCUT2D eigenvalue weighted by atomic mass is 9.89. The molecule has 1 nitrogen and oxygen atoms in total. The Labute approximate surface area is 160 Å². The van der Waals surface area contributed by atoms with Crippen LogP contribution in [0.15, 0.2) is 24.3 Å². The van der Waals surface area contributed by atoms with Crippen molar-refractivity contribution in [2.24, 2.45) is 11.8 Å². The number of hydrogen-bond donors (Lipinski definition) is 0. The monoisotopic (exact) mass is 378 g/mol.